The minimum absolute atomic E-state index is 0.103. The van der Waals surface area contributed by atoms with Crippen molar-refractivity contribution in [2.45, 2.75) is 6.92 Å². The first kappa shape index (κ1) is 12.6. The zero-order valence-corrected chi connectivity index (χ0v) is 10.00. The van der Waals surface area contributed by atoms with Crippen molar-refractivity contribution in [2.24, 2.45) is 5.73 Å². The Morgan fingerprint density at radius 3 is 2.38 bits per heavy atom. The van der Waals surface area contributed by atoms with Gasteiger partial charge in [-0.2, -0.15) is 0 Å². The minimum atomic E-state index is -0.310. The molecule has 5 nitrogen and oxygen atoms in total. The Balaban J connectivity index is 2.85. The van der Waals surface area contributed by atoms with Crippen LogP contribution in [0.25, 0.3) is 0 Å². The van der Waals surface area contributed by atoms with Crippen molar-refractivity contribution >= 4 is 40.8 Å². The molecule has 6 N–H and O–H groups in total. The number of nitrogens with one attached hydrogen (secondary N) is 4. The van der Waals surface area contributed by atoms with Gasteiger partial charge in [-0.1, -0.05) is 23.2 Å². The van der Waals surface area contributed by atoms with Crippen molar-refractivity contribution in [3.63, 3.8) is 0 Å². The first-order chi connectivity index (χ1) is 7.40. The quantitative estimate of drug-likeness (QED) is 0.395. The van der Waals surface area contributed by atoms with Crippen molar-refractivity contribution in [3.8, 4) is 0 Å². The van der Waals surface area contributed by atoms with E-state index in [2.05, 4.69) is 10.6 Å². The molecule has 0 unspecified atom stereocenters. The third kappa shape index (κ3) is 3.29. The Labute approximate surface area is 103 Å². The lowest BCUT2D eigenvalue weighted by molar-refractivity contribution is 1.20. The van der Waals surface area contributed by atoms with Crippen molar-refractivity contribution in [1.29, 1.82) is 10.8 Å². The summed E-state index contributed by atoms with van der Waals surface area (Å²) < 4.78 is 0. The predicted molar refractivity (Wildman–Crippen MR) is 67.6 cm³/mol. The second-order valence-electron chi connectivity index (χ2n) is 3.12. The number of nitrogens with two attached hydrogens (primary N) is 1. The van der Waals surface area contributed by atoms with Crippen molar-refractivity contribution in [3.05, 3.63) is 27.7 Å². The van der Waals surface area contributed by atoms with E-state index >= 15 is 0 Å². The van der Waals surface area contributed by atoms with Crippen LogP contribution in [0.3, 0.4) is 0 Å². The molecule has 0 saturated heterocycles. The maximum absolute atomic E-state index is 7.46. The summed E-state index contributed by atoms with van der Waals surface area (Å²) >= 11 is 11.7. The molecule has 1 rings (SSSR count). The molecule has 0 aliphatic carbocycles. The SMILES string of the molecule is Cc1cc(Cl)c(Cl)cc1NC(=N)NC(=N)N. The minimum Gasteiger partial charge on any atom is -0.370 e. The molecule has 16 heavy (non-hydrogen) atoms. The van der Waals surface area contributed by atoms with Crippen LogP contribution in [0, 0.1) is 17.7 Å². The van der Waals surface area contributed by atoms with E-state index in [-0.39, 0.29) is 11.9 Å². The molecule has 0 aliphatic heterocycles. The topological polar surface area (TPSA) is 97.8 Å². The highest BCUT2D eigenvalue weighted by molar-refractivity contribution is 6.42. The second kappa shape index (κ2) is 5.05. The molecule has 0 saturated carbocycles. The van der Waals surface area contributed by atoms with Crippen molar-refractivity contribution in [2.75, 3.05) is 5.32 Å². The predicted octanol–water partition coefficient (Wildman–Crippen LogP) is 2.13. The van der Waals surface area contributed by atoms with Crippen molar-refractivity contribution < 1.29 is 0 Å². The third-order valence-electron chi connectivity index (χ3n) is 1.79. The van der Waals surface area contributed by atoms with Gasteiger partial charge in [0.1, 0.15) is 0 Å². The Morgan fingerprint density at radius 1 is 1.25 bits per heavy atom. The number of rotatable bonds is 1. The van der Waals surface area contributed by atoms with E-state index in [1.54, 1.807) is 12.1 Å². The molecule has 0 radical (unpaired) electrons. The summed E-state index contributed by atoms with van der Waals surface area (Å²) in [6, 6.07) is 3.29. The summed E-state index contributed by atoms with van der Waals surface area (Å²) in [5.41, 5.74) is 6.55. The fraction of sp³-hybridized carbons (Fsp3) is 0.111. The largest absolute Gasteiger partial charge is 0.370 e. The van der Waals surface area contributed by atoms with Crippen LogP contribution in [-0.2, 0) is 0 Å². The monoisotopic (exact) mass is 259 g/mol. The smallest absolute Gasteiger partial charge is 0.199 e. The fourth-order valence-electron chi connectivity index (χ4n) is 1.08. The second-order valence-corrected chi connectivity index (χ2v) is 3.93. The molecule has 1 aromatic carbocycles. The third-order valence-corrected chi connectivity index (χ3v) is 2.51. The number of anilines is 1. The number of halogens is 2. The zero-order chi connectivity index (χ0) is 12.3. The van der Waals surface area contributed by atoms with Gasteiger partial charge < -0.3 is 11.1 Å². The van der Waals surface area contributed by atoms with Crippen molar-refractivity contribution in [1.82, 2.24) is 5.32 Å². The van der Waals surface area contributed by atoms with E-state index in [9.17, 15) is 0 Å². The van der Waals surface area contributed by atoms with Crippen LogP contribution in [0.2, 0.25) is 10.0 Å². The number of hydrogen-bond acceptors (Lipinski definition) is 2. The lowest BCUT2D eigenvalue weighted by Gasteiger charge is -2.12. The van der Waals surface area contributed by atoms with Crippen LogP contribution in [0.1, 0.15) is 5.56 Å². The van der Waals surface area contributed by atoms with E-state index in [4.69, 9.17) is 39.8 Å². The Hall–Kier alpha value is -1.46. The van der Waals surface area contributed by atoms with Crippen LogP contribution in [-0.4, -0.2) is 11.9 Å². The highest BCUT2D eigenvalue weighted by Gasteiger charge is 2.06. The summed E-state index contributed by atoms with van der Waals surface area (Å²) in [4.78, 5) is 0. The van der Waals surface area contributed by atoms with Gasteiger partial charge in [0.25, 0.3) is 0 Å². The molecule has 0 bridgehead atoms. The van der Waals surface area contributed by atoms with E-state index in [1.165, 1.54) is 0 Å². The summed E-state index contributed by atoms with van der Waals surface area (Å²) in [6.07, 6.45) is 0. The number of benzene rings is 1. The van der Waals surface area contributed by atoms with Crippen LogP contribution in [0.4, 0.5) is 5.69 Å². The lowest BCUT2D eigenvalue weighted by atomic mass is 10.2. The van der Waals surface area contributed by atoms with E-state index < -0.39 is 0 Å². The normalized spacial score (nSPS) is 9.69. The highest BCUT2D eigenvalue weighted by atomic mass is 35.5. The number of aryl methyl sites for hydroxylation is 1. The van der Waals surface area contributed by atoms with E-state index in [0.29, 0.717) is 15.7 Å². The van der Waals surface area contributed by atoms with Gasteiger partial charge >= 0.3 is 0 Å². The molecule has 0 atom stereocenters. The molecule has 1 aromatic rings. The molecule has 0 spiro atoms. The molecular weight excluding hydrogens is 249 g/mol. The number of hydrogen-bond donors (Lipinski definition) is 5. The van der Waals surface area contributed by atoms with Crippen LogP contribution in [0.5, 0.6) is 0 Å². The standard InChI is InChI=1S/C9H11Cl2N5/c1-4-2-5(10)6(11)3-7(4)15-9(14)16-8(12)13/h2-3H,1H3,(H6,12,13,14,15,16). The van der Waals surface area contributed by atoms with Crippen LogP contribution >= 0.6 is 23.2 Å². The molecular formula is C9H11Cl2N5. The Kier molecular flexibility index (Phi) is 3.98. The molecule has 0 aliphatic rings. The first-order valence-electron chi connectivity index (χ1n) is 4.32. The average Bonchev–Trinajstić information content (AvgIpc) is 2.12. The van der Waals surface area contributed by atoms with Gasteiger partial charge in [-0.3, -0.25) is 16.1 Å². The van der Waals surface area contributed by atoms with Gasteiger partial charge in [0, 0.05) is 5.69 Å². The lowest BCUT2D eigenvalue weighted by Crippen LogP contribution is -2.39. The van der Waals surface area contributed by atoms with Gasteiger partial charge in [-0.05, 0) is 24.6 Å². The van der Waals surface area contributed by atoms with Gasteiger partial charge in [0.15, 0.2) is 11.9 Å². The zero-order valence-electron chi connectivity index (χ0n) is 8.49. The molecule has 7 heteroatoms. The Bertz CT molecular complexity index is 444. The van der Waals surface area contributed by atoms with E-state index in [0.717, 1.165) is 5.56 Å². The first-order valence-corrected chi connectivity index (χ1v) is 5.08. The van der Waals surface area contributed by atoms with Crippen LogP contribution < -0.4 is 16.4 Å². The average molecular weight is 260 g/mol. The Morgan fingerprint density at radius 2 is 1.81 bits per heavy atom. The van der Waals surface area contributed by atoms with Crippen LogP contribution in [0.15, 0.2) is 12.1 Å². The highest BCUT2D eigenvalue weighted by Crippen LogP contribution is 2.28. The van der Waals surface area contributed by atoms with Gasteiger partial charge in [-0.15, -0.1) is 0 Å². The van der Waals surface area contributed by atoms with Gasteiger partial charge in [0.05, 0.1) is 10.0 Å². The van der Waals surface area contributed by atoms with E-state index in [1.807, 2.05) is 6.92 Å². The molecule has 86 valence electrons. The molecule has 0 amide bonds. The summed E-state index contributed by atoms with van der Waals surface area (Å²) in [7, 11) is 0. The molecule has 0 aromatic heterocycles. The summed E-state index contributed by atoms with van der Waals surface area (Å²) in [6.45, 7) is 1.82. The summed E-state index contributed by atoms with van der Waals surface area (Å²) in [5.74, 6) is -0.413. The fourth-order valence-corrected chi connectivity index (χ4v) is 1.46. The molecule has 0 fully saturated rings. The maximum atomic E-state index is 7.46. The summed E-state index contributed by atoms with van der Waals surface area (Å²) in [5, 5.41) is 20.3. The number of guanidine groups is 2. The maximum Gasteiger partial charge on any atom is 0.199 e. The van der Waals surface area contributed by atoms with Gasteiger partial charge in [0.2, 0.25) is 0 Å². The van der Waals surface area contributed by atoms with Gasteiger partial charge in [-0.25, -0.2) is 0 Å². The molecule has 0 heterocycles.